The highest BCUT2D eigenvalue weighted by molar-refractivity contribution is 6.02. The number of nitrogens with one attached hydrogen (secondary N) is 1. The standard InChI is InChI=1S/C20H23NO2.ClH.H2O/c1-14(23)20(2,13-22)21-12-19-17-9-5-3-7-15(17)11-16-8-4-6-10-18(16)19;;/h3-11,14,21-23H,12-13H2,1-2H3;1H;1H2/t14-,20+;;/m0../s1. The molecule has 0 bridgehead atoms. The molecule has 0 heterocycles. The van der Waals surface area contributed by atoms with Crippen molar-refractivity contribution in [2.24, 2.45) is 0 Å². The third kappa shape index (κ3) is 4.11. The normalized spacial score (nSPS) is 14.4. The molecule has 0 aliphatic rings. The second kappa shape index (κ2) is 8.61. The molecule has 5 N–H and O–H groups in total. The first-order valence-corrected chi connectivity index (χ1v) is 7.98. The number of benzene rings is 3. The molecule has 0 unspecified atom stereocenters. The van der Waals surface area contributed by atoms with Crippen LogP contribution in [0.4, 0.5) is 0 Å². The second-order valence-electron chi connectivity index (χ2n) is 6.40. The fourth-order valence-corrected chi connectivity index (χ4v) is 2.92. The molecule has 0 aliphatic heterocycles. The summed E-state index contributed by atoms with van der Waals surface area (Å²) in [6.45, 7) is 4.01. The average Bonchev–Trinajstić information content (AvgIpc) is 2.58. The van der Waals surface area contributed by atoms with E-state index in [0.29, 0.717) is 6.54 Å². The van der Waals surface area contributed by atoms with Crippen LogP contribution in [0, 0.1) is 0 Å². The van der Waals surface area contributed by atoms with Gasteiger partial charge in [0.05, 0.1) is 18.2 Å². The highest BCUT2D eigenvalue weighted by Crippen LogP contribution is 2.29. The molecule has 4 nitrogen and oxygen atoms in total. The van der Waals surface area contributed by atoms with Crippen molar-refractivity contribution in [1.29, 1.82) is 0 Å². The Labute approximate surface area is 154 Å². The summed E-state index contributed by atoms with van der Waals surface area (Å²) in [5.74, 6) is 0. The van der Waals surface area contributed by atoms with E-state index in [1.165, 1.54) is 27.1 Å². The Bertz CT molecular complexity index is 783. The van der Waals surface area contributed by atoms with Crippen molar-refractivity contribution in [3.05, 3.63) is 60.2 Å². The Kier molecular flexibility index (Phi) is 7.35. The van der Waals surface area contributed by atoms with Crippen molar-refractivity contribution in [3.8, 4) is 0 Å². The van der Waals surface area contributed by atoms with Gasteiger partial charge in [-0.2, -0.15) is 0 Å². The Morgan fingerprint density at radius 1 is 1.00 bits per heavy atom. The summed E-state index contributed by atoms with van der Waals surface area (Å²) in [7, 11) is 0. The minimum absolute atomic E-state index is 0. The molecule has 25 heavy (non-hydrogen) atoms. The van der Waals surface area contributed by atoms with E-state index in [1.807, 2.05) is 31.2 Å². The molecule has 0 spiro atoms. The predicted molar refractivity (Wildman–Crippen MR) is 106 cm³/mol. The van der Waals surface area contributed by atoms with Crippen molar-refractivity contribution >= 4 is 34.0 Å². The Hall–Kier alpha value is -1.69. The summed E-state index contributed by atoms with van der Waals surface area (Å²) < 4.78 is 0. The van der Waals surface area contributed by atoms with Gasteiger partial charge in [-0.15, -0.1) is 12.4 Å². The van der Waals surface area contributed by atoms with E-state index >= 15 is 0 Å². The van der Waals surface area contributed by atoms with Crippen LogP contribution in [0.3, 0.4) is 0 Å². The van der Waals surface area contributed by atoms with Gasteiger partial charge in [-0.1, -0.05) is 48.5 Å². The monoisotopic (exact) mass is 363 g/mol. The fraction of sp³-hybridized carbons (Fsp3) is 0.300. The van der Waals surface area contributed by atoms with E-state index in [9.17, 15) is 10.2 Å². The number of rotatable bonds is 5. The van der Waals surface area contributed by atoms with Crippen LogP contribution in [0.5, 0.6) is 0 Å². The first-order valence-electron chi connectivity index (χ1n) is 7.98. The number of aliphatic hydroxyl groups excluding tert-OH is 2. The van der Waals surface area contributed by atoms with E-state index in [2.05, 4.69) is 35.6 Å². The molecule has 0 radical (unpaired) electrons. The number of aliphatic hydroxyl groups is 2. The van der Waals surface area contributed by atoms with Gasteiger partial charge in [0, 0.05) is 6.54 Å². The molecule has 3 rings (SSSR count). The molecular weight excluding hydrogens is 338 g/mol. The molecule has 0 saturated heterocycles. The molecule has 3 aromatic carbocycles. The maximum absolute atomic E-state index is 9.95. The third-order valence-corrected chi connectivity index (χ3v) is 4.80. The van der Waals surface area contributed by atoms with Gasteiger partial charge in [0.25, 0.3) is 0 Å². The van der Waals surface area contributed by atoms with Gasteiger partial charge < -0.3 is 21.0 Å². The van der Waals surface area contributed by atoms with E-state index in [4.69, 9.17) is 0 Å². The summed E-state index contributed by atoms with van der Waals surface area (Å²) in [6, 6.07) is 18.9. The fourth-order valence-electron chi connectivity index (χ4n) is 2.92. The van der Waals surface area contributed by atoms with Crippen molar-refractivity contribution in [2.45, 2.75) is 32.0 Å². The lowest BCUT2D eigenvalue weighted by molar-refractivity contribution is 0.0405. The van der Waals surface area contributed by atoms with Crippen LogP contribution in [-0.4, -0.2) is 33.9 Å². The number of hydrogen-bond acceptors (Lipinski definition) is 3. The Morgan fingerprint density at radius 3 is 1.92 bits per heavy atom. The van der Waals surface area contributed by atoms with Crippen LogP contribution in [0.15, 0.2) is 54.6 Å². The summed E-state index contributed by atoms with van der Waals surface area (Å²) in [4.78, 5) is 0. The molecule has 0 aromatic heterocycles. The van der Waals surface area contributed by atoms with Crippen molar-refractivity contribution in [3.63, 3.8) is 0 Å². The molecule has 0 aliphatic carbocycles. The SMILES string of the molecule is C[C@H](O)[C@@](C)(CO)NCc1c2ccccc2cc2ccccc12.Cl.O. The quantitative estimate of drug-likeness (QED) is 0.609. The first-order chi connectivity index (χ1) is 11.0. The van der Waals surface area contributed by atoms with Crippen LogP contribution in [0.1, 0.15) is 19.4 Å². The lowest BCUT2D eigenvalue weighted by Gasteiger charge is -2.32. The van der Waals surface area contributed by atoms with E-state index in [-0.39, 0.29) is 24.5 Å². The minimum atomic E-state index is -0.724. The van der Waals surface area contributed by atoms with Crippen molar-refractivity contribution in [1.82, 2.24) is 5.32 Å². The van der Waals surface area contributed by atoms with E-state index < -0.39 is 11.6 Å². The van der Waals surface area contributed by atoms with Crippen LogP contribution < -0.4 is 5.32 Å². The predicted octanol–water partition coefficient (Wildman–Crippen LogP) is 2.81. The van der Waals surface area contributed by atoms with Gasteiger partial charge in [0.2, 0.25) is 0 Å². The molecule has 5 heteroatoms. The third-order valence-electron chi connectivity index (χ3n) is 4.80. The van der Waals surface area contributed by atoms with Gasteiger partial charge in [-0.05, 0) is 47.0 Å². The zero-order chi connectivity index (χ0) is 16.4. The molecule has 0 saturated carbocycles. The van der Waals surface area contributed by atoms with E-state index in [1.54, 1.807) is 6.92 Å². The average molecular weight is 364 g/mol. The second-order valence-corrected chi connectivity index (χ2v) is 6.40. The molecular formula is C20H26ClNO3. The highest BCUT2D eigenvalue weighted by atomic mass is 35.5. The number of halogens is 1. The summed E-state index contributed by atoms with van der Waals surface area (Å²) >= 11 is 0. The van der Waals surface area contributed by atoms with Gasteiger partial charge in [-0.3, -0.25) is 0 Å². The van der Waals surface area contributed by atoms with Crippen LogP contribution in [0.2, 0.25) is 0 Å². The maximum Gasteiger partial charge on any atom is 0.0713 e. The Balaban J connectivity index is 0.00000156. The minimum Gasteiger partial charge on any atom is -0.412 e. The largest absolute Gasteiger partial charge is 0.412 e. The number of fused-ring (bicyclic) bond motifs is 2. The number of hydrogen-bond donors (Lipinski definition) is 3. The smallest absolute Gasteiger partial charge is 0.0713 e. The van der Waals surface area contributed by atoms with Crippen LogP contribution >= 0.6 is 12.4 Å². The zero-order valence-corrected chi connectivity index (χ0v) is 15.3. The summed E-state index contributed by atoms with van der Waals surface area (Å²) in [5.41, 5.74) is 0.469. The molecule has 0 fully saturated rings. The van der Waals surface area contributed by atoms with E-state index in [0.717, 1.165) is 0 Å². The van der Waals surface area contributed by atoms with Crippen LogP contribution in [0.25, 0.3) is 21.5 Å². The van der Waals surface area contributed by atoms with Gasteiger partial charge in [0.1, 0.15) is 0 Å². The highest BCUT2D eigenvalue weighted by Gasteiger charge is 2.28. The molecule has 0 amide bonds. The maximum atomic E-state index is 9.95. The lowest BCUT2D eigenvalue weighted by atomic mass is 9.93. The Morgan fingerprint density at radius 2 is 1.48 bits per heavy atom. The van der Waals surface area contributed by atoms with Crippen molar-refractivity contribution < 1.29 is 15.7 Å². The molecule has 3 aromatic rings. The topological polar surface area (TPSA) is 84.0 Å². The first kappa shape index (κ1) is 21.4. The van der Waals surface area contributed by atoms with Gasteiger partial charge >= 0.3 is 0 Å². The lowest BCUT2D eigenvalue weighted by Crippen LogP contribution is -2.53. The summed E-state index contributed by atoms with van der Waals surface area (Å²) in [6.07, 6.45) is -0.645. The molecule has 136 valence electrons. The van der Waals surface area contributed by atoms with Crippen molar-refractivity contribution in [2.75, 3.05) is 6.61 Å². The van der Waals surface area contributed by atoms with Crippen LogP contribution in [-0.2, 0) is 6.54 Å². The zero-order valence-electron chi connectivity index (χ0n) is 14.5. The molecule has 2 atom stereocenters. The van der Waals surface area contributed by atoms with Gasteiger partial charge in [0.15, 0.2) is 0 Å². The summed E-state index contributed by atoms with van der Waals surface area (Å²) in [5, 5.41) is 27.7. The van der Waals surface area contributed by atoms with Gasteiger partial charge in [-0.25, -0.2) is 0 Å².